The molecule has 7 aromatic carbocycles. The van der Waals surface area contributed by atoms with E-state index in [0.29, 0.717) is 5.82 Å². The van der Waals surface area contributed by atoms with Crippen LogP contribution in [0, 0.1) is 0 Å². The molecule has 0 aliphatic heterocycles. The molecule has 3 nitrogen and oxygen atoms in total. The van der Waals surface area contributed by atoms with E-state index < -0.39 is 0 Å². The average Bonchev–Trinajstić information content (AvgIpc) is 3.86. The number of thiophene rings is 2. The highest BCUT2D eigenvalue weighted by Crippen LogP contribution is 2.45. The molecule has 0 radical (unpaired) electrons. The molecule has 56 heavy (non-hydrogen) atoms. The Hall–Kier alpha value is -6.79. The Kier molecular flexibility index (Phi) is 7.87. The lowest BCUT2D eigenvalue weighted by Crippen LogP contribution is -1.97. The van der Waals surface area contributed by atoms with Crippen LogP contribution in [0.3, 0.4) is 0 Å². The summed E-state index contributed by atoms with van der Waals surface area (Å²) in [5.41, 5.74) is 11.8. The third kappa shape index (κ3) is 5.68. The first-order valence-corrected chi connectivity index (χ1v) is 20.3. The molecule has 262 valence electrons. The zero-order valence-electron chi connectivity index (χ0n) is 30.1. The predicted octanol–water partition coefficient (Wildman–Crippen LogP) is 14.6. The first kappa shape index (κ1) is 32.6. The largest absolute Gasteiger partial charge is 0.265 e. The van der Waals surface area contributed by atoms with Gasteiger partial charge in [0.2, 0.25) is 0 Å². The molecule has 11 rings (SSSR count). The number of fused-ring (bicyclic) bond motifs is 6. The van der Waals surface area contributed by atoms with E-state index in [2.05, 4.69) is 163 Å². The quantitative estimate of drug-likeness (QED) is 0.170. The highest BCUT2D eigenvalue weighted by molar-refractivity contribution is 7.26. The minimum atomic E-state index is 0.690. The lowest BCUT2D eigenvalue weighted by molar-refractivity contribution is 1.18. The second-order valence-corrected chi connectivity index (χ2v) is 16.1. The molecular weight excluding hydrogens is 719 g/mol. The van der Waals surface area contributed by atoms with E-state index in [4.69, 9.17) is 9.97 Å². The molecule has 0 spiro atoms. The van der Waals surface area contributed by atoms with Crippen molar-refractivity contribution < 1.29 is 0 Å². The number of hydrogen-bond donors (Lipinski definition) is 0. The van der Waals surface area contributed by atoms with Crippen molar-refractivity contribution in [3.63, 3.8) is 0 Å². The first-order chi connectivity index (χ1) is 27.7. The maximum absolute atomic E-state index is 5.35. The maximum atomic E-state index is 5.35. The molecule has 0 unspecified atom stereocenters. The van der Waals surface area contributed by atoms with Crippen molar-refractivity contribution >= 4 is 63.0 Å². The second-order valence-electron chi connectivity index (χ2n) is 14.0. The molecule has 0 atom stereocenters. The van der Waals surface area contributed by atoms with Gasteiger partial charge in [-0.2, -0.15) is 0 Å². The Morgan fingerprint density at radius 1 is 0.321 bits per heavy atom. The summed E-state index contributed by atoms with van der Waals surface area (Å²) in [6, 6.07) is 63.0. The molecule has 4 aromatic heterocycles. The molecular formula is C51H31N3S2. The van der Waals surface area contributed by atoms with Crippen molar-refractivity contribution in [3.8, 4) is 67.3 Å². The van der Waals surface area contributed by atoms with Crippen molar-refractivity contribution in [2.75, 3.05) is 0 Å². The van der Waals surface area contributed by atoms with Gasteiger partial charge < -0.3 is 0 Å². The smallest absolute Gasteiger partial charge is 0.160 e. The summed E-state index contributed by atoms with van der Waals surface area (Å²) >= 11 is 3.72. The van der Waals surface area contributed by atoms with Gasteiger partial charge in [-0.05, 0) is 81.9 Å². The highest BCUT2D eigenvalue weighted by atomic mass is 32.1. The maximum Gasteiger partial charge on any atom is 0.160 e. The van der Waals surface area contributed by atoms with E-state index >= 15 is 0 Å². The van der Waals surface area contributed by atoms with Gasteiger partial charge in [0.15, 0.2) is 5.82 Å². The van der Waals surface area contributed by atoms with Gasteiger partial charge in [0.25, 0.3) is 0 Å². The van der Waals surface area contributed by atoms with Crippen LogP contribution in [-0.2, 0) is 0 Å². The van der Waals surface area contributed by atoms with Crippen molar-refractivity contribution in [1.29, 1.82) is 0 Å². The van der Waals surface area contributed by atoms with Crippen LogP contribution >= 0.6 is 22.7 Å². The van der Waals surface area contributed by atoms with Crippen molar-refractivity contribution in [2.24, 2.45) is 0 Å². The van der Waals surface area contributed by atoms with E-state index in [9.17, 15) is 0 Å². The fraction of sp³-hybridized carbons (Fsp3) is 0. The Labute approximate surface area is 331 Å². The molecule has 0 amide bonds. The fourth-order valence-corrected chi connectivity index (χ4v) is 10.4. The third-order valence-corrected chi connectivity index (χ3v) is 13.1. The number of rotatable bonds is 6. The van der Waals surface area contributed by atoms with Crippen LogP contribution in [0.1, 0.15) is 0 Å². The van der Waals surface area contributed by atoms with Crippen LogP contribution in [0.25, 0.3) is 108 Å². The lowest BCUT2D eigenvalue weighted by Gasteiger charge is -2.14. The van der Waals surface area contributed by atoms with Crippen LogP contribution in [0.5, 0.6) is 0 Å². The number of benzene rings is 7. The highest BCUT2D eigenvalue weighted by Gasteiger charge is 2.18. The number of nitrogens with zero attached hydrogens (tertiary/aromatic N) is 3. The van der Waals surface area contributed by atoms with Gasteiger partial charge in [-0.15, -0.1) is 22.7 Å². The molecule has 0 saturated heterocycles. The summed E-state index contributed by atoms with van der Waals surface area (Å²) in [5, 5.41) is 5.14. The molecule has 0 fully saturated rings. The van der Waals surface area contributed by atoms with E-state index in [1.165, 1.54) is 51.5 Å². The monoisotopic (exact) mass is 749 g/mol. The van der Waals surface area contributed by atoms with Crippen LogP contribution in [-0.4, -0.2) is 15.0 Å². The van der Waals surface area contributed by atoms with Crippen molar-refractivity contribution in [2.45, 2.75) is 0 Å². The number of pyridine rings is 1. The number of aromatic nitrogens is 3. The van der Waals surface area contributed by atoms with Crippen LogP contribution in [0.15, 0.2) is 188 Å². The van der Waals surface area contributed by atoms with Crippen LogP contribution in [0.2, 0.25) is 0 Å². The summed E-state index contributed by atoms with van der Waals surface area (Å²) in [6.45, 7) is 0. The zero-order chi connectivity index (χ0) is 37.0. The Morgan fingerprint density at radius 2 is 0.786 bits per heavy atom. The molecule has 0 bridgehead atoms. The van der Waals surface area contributed by atoms with E-state index in [-0.39, 0.29) is 0 Å². The summed E-state index contributed by atoms with van der Waals surface area (Å²) in [5.74, 6) is 0.690. The standard InChI is InChI=1S/C51H31N3S2/c1-2-10-34(11-3-1)45-31-46(35-22-20-32(21-23-35)33-24-26-52-27-25-33)54-51(53-45)38-29-36(39-14-8-16-43-41-12-4-6-18-47(41)55-49(39)43)28-37(30-38)40-15-9-17-44-42-13-5-7-19-48(42)56-50(40)44/h1-31H. The second kappa shape index (κ2) is 13.5. The van der Waals surface area contributed by atoms with E-state index in [1.807, 2.05) is 53.3 Å². The van der Waals surface area contributed by atoms with E-state index in [1.54, 1.807) is 0 Å². The van der Waals surface area contributed by atoms with Gasteiger partial charge in [0.05, 0.1) is 11.4 Å². The molecule has 4 heterocycles. The molecule has 0 saturated carbocycles. The van der Waals surface area contributed by atoms with Gasteiger partial charge >= 0.3 is 0 Å². The molecule has 0 aliphatic rings. The molecule has 0 N–H and O–H groups in total. The molecule has 0 aliphatic carbocycles. The van der Waals surface area contributed by atoms with Gasteiger partial charge in [0.1, 0.15) is 0 Å². The average molecular weight is 750 g/mol. The fourth-order valence-electron chi connectivity index (χ4n) is 7.88. The van der Waals surface area contributed by atoms with Crippen LogP contribution in [0.4, 0.5) is 0 Å². The van der Waals surface area contributed by atoms with Gasteiger partial charge in [-0.3, -0.25) is 4.98 Å². The third-order valence-electron chi connectivity index (χ3n) is 10.6. The van der Waals surface area contributed by atoms with Crippen LogP contribution < -0.4 is 0 Å². The Morgan fingerprint density at radius 3 is 1.38 bits per heavy atom. The van der Waals surface area contributed by atoms with E-state index in [0.717, 1.165) is 50.3 Å². The lowest BCUT2D eigenvalue weighted by atomic mass is 9.94. The molecule has 11 aromatic rings. The normalized spacial score (nSPS) is 11.6. The zero-order valence-corrected chi connectivity index (χ0v) is 31.7. The summed E-state index contributed by atoms with van der Waals surface area (Å²) in [6.07, 6.45) is 3.66. The Balaban J connectivity index is 1.15. The first-order valence-electron chi connectivity index (χ1n) is 18.7. The van der Waals surface area contributed by atoms with Crippen molar-refractivity contribution in [1.82, 2.24) is 15.0 Å². The van der Waals surface area contributed by atoms with Gasteiger partial charge in [0, 0.05) is 69.4 Å². The summed E-state index contributed by atoms with van der Waals surface area (Å²) < 4.78 is 5.15. The molecule has 5 heteroatoms. The van der Waals surface area contributed by atoms with Gasteiger partial charge in [-0.25, -0.2) is 9.97 Å². The topological polar surface area (TPSA) is 38.7 Å². The number of hydrogen-bond acceptors (Lipinski definition) is 5. The minimum Gasteiger partial charge on any atom is -0.265 e. The Bertz CT molecular complexity index is 3110. The predicted molar refractivity (Wildman–Crippen MR) is 238 cm³/mol. The van der Waals surface area contributed by atoms with Crippen molar-refractivity contribution in [3.05, 3.63) is 188 Å². The minimum absolute atomic E-state index is 0.690. The SMILES string of the molecule is c1ccc(-c2cc(-c3ccc(-c4ccncc4)cc3)nc(-c3cc(-c4cccc5c4sc4ccccc45)cc(-c4cccc5c4sc4ccccc45)c3)n2)cc1. The summed E-state index contributed by atoms with van der Waals surface area (Å²) in [4.78, 5) is 14.9. The summed E-state index contributed by atoms with van der Waals surface area (Å²) in [7, 11) is 0. The van der Waals surface area contributed by atoms with Gasteiger partial charge in [-0.1, -0.05) is 127 Å².